The molecule has 4 bridgehead atoms. The van der Waals surface area contributed by atoms with Gasteiger partial charge in [0.1, 0.15) is 6.04 Å². The van der Waals surface area contributed by atoms with E-state index in [9.17, 15) is 19.5 Å². The molecule has 3 amide bonds. The van der Waals surface area contributed by atoms with Crippen molar-refractivity contribution in [3.05, 3.63) is 0 Å². The zero-order valence-electron chi connectivity index (χ0n) is 15.4. The molecule has 0 aromatic carbocycles. The van der Waals surface area contributed by atoms with Crippen LogP contribution >= 0.6 is 0 Å². The van der Waals surface area contributed by atoms with Gasteiger partial charge >= 0.3 is 12.0 Å². The molecule has 0 aliphatic heterocycles. The summed E-state index contributed by atoms with van der Waals surface area (Å²) in [6.45, 7) is 1.54. The number of hydrogen-bond donors (Lipinski definition) is 3. The number of amides is 3. The summed E-state index contributed by atoms with van der Waals surface area (Å²) in [5.41, 5.74) is -0.135. The Morgan fingerprint density at radius 1 is 1.08 bits per heavy atom. The van der Waals surface area contributed by atoms with Crippen LogP contribution in [0.1, 0.15) is 58.3 Å². The third-order valence-corrected chi connectivity index (χ3v) is 6.87. The minimum Gasteiger partial charge on any atom is -0.480 e. The van der Waals surface area contributed by atoms with Crippen molar-refractivity contribution in [3.8, 4) is 0 Å². The molecule has 26 heavy (non-hydrogen) atoms. The van der Waals surface area contributed by atoms with Crippen LogP contribution in [0.5, 0.6) is 0 Å². The number of aliphatic carboxylic acids is 1. The molecule has 0 heterocycles. The molecule has 0 aromatic rings. The molecule has 0 aromatic heterocycles. The van der Waals surface area contributed by atoms with Crippen molar-refractivity contribution in [1.29, 1.82) is 0 Å². The molecule has 3 N–H and O–H groups in total. The Hall–Kier alpha value is -1.63. The molecule has 144 valence electrons. The second-order valence-corrected chi connectivity index (χ2v) is 9.12. The Labute approximate surface area is 153 Å². The van der Waals surface area contributed by atoms with Gasteiger partial charge in [-0.05, 0) is 76.0 Å². The van der Waals surface area contributed by atoms with E-state index in [1.54, 1.807) is 11.8 Å². The van der Waals surface area contributed by atoms with Crippen molar-refractivity contribution >= 4 is 17.9 Å². The van der Waals surface area contributed by atoms with E-state index < -0.39 is 23.9 Å². The van der Waals surface area contributed by atoms with Gasteiger partial charge in [0, 0.05) is 11.6 Å². The second-order valence-electron chi connectivity index (χ2n) is 9.12. The monoisotopic (exact) mass is 363 g/mol. The Bertz CT molecular complexity index is 581. The highest BCUT2D eigenvalue weighted by molar-refractivity contribution is 5.95. The van der Waals surface area contributed by atoms with E-state index in [4.69, 9.17) is 0 Å². The van der Waals surface area contributed by atoms with E-state index in [1.807, 2.05) is 0 Å². The molecule has 0 radical (unpaired) electrons. The highest BCUT2D eigenvalue weighted by Gasteiger charge is 2.51. The predicted molar refractivity (Wildman–Crippen MR) is 94.4 cm³/mol. The van der Waals surface area contributed by atoms with Gasteiger partial charge in [-0.15, -0.1) is 0 Å². The maximum Gasteiger partial charge on any atom is 0.321 e. The van der Waals surface area contributed by atoms with Crippen molar-refractivity contribution in [2.45, 2.75) is 75.9 Å². The van der Waals surface area contributed by atoms with Gasteiger partial charge in [-0.1, -0.05) is 0 Å². The average Bonchev–Trinajstić information content (AvgIpc) is 3.34. The number of carboxylic acid groups (broad SMARTS) is 1. The summed E-state index contributed by atoms with van der Waals surface area (Å²) in [6, 6.07) is -1.01. The molecule has 7 heteroatoms. The van der Waals surface area contributed by atoms with Crippen LogP contribution in [-0.4, -0.2) is 52.1 Å². The van der Waals surface area contributed by atoms with Gasteiger partial charge in [-0.2, -0.15) is 0 Å². The summed E-state index contributed by atoms with van der Waals surface area (Å²) in [7, 11) is 0. The molecule has 1 unspecified atom stereocenters. The fourth-order valence-electron chi connectivity index (χ4n) is 6.00. The fraction of sp³-hybridized carbons (Fsp3) is 0.842. The predicted octanol–water partition coefficient (Wildman–Crippen LogP) is 1.72. The highest BCUT2D eigenvalue weighted by atomic mass is 16.4. The molecule has 7 nitrogen and oxygen atoms in total. The van der Waals surface area contributed by atoms with Crippen molar-refractivity contribution in [2.24, 2.45) is 17.8 Å². The first-order valence-corrected chi connectivity index (χ1v) is 9.94. The van der Waals surface area contributed by atoms with Crippen LogP contribution in [0.2, 0.25) is 0 Å². The number of rotatable bonds is 6. The first kappa shape index (κ1) is 17.8. The molecule has 5 aliphatic rings. The van der Waals surface area contributed by atoms with Crippen LogP contribution in [0.15, 0.2) is 0 Å². The number of carbonyl (C=O) groups excluding carboxylic acids is 2. The van der Waals surface area contributed by atoms with Crippen LogP contribution < -0.4 is 10.6 Å². The van der Waals surface area contributed by atoms with Gasteiger partial charge in [0.15, 0.2) is 0 Å². The highest BCUT2D eigenvalue weighted by Crippen LogP contribution is 2.55. The molecule has 0 saturated heterocycles. The molecule has 5 rings (SSSR count). The van der Waals surface area contributed by atoms with E-state index in [0.717, 1.165) is 49.9 Å². The van der Waals surface area contributed by atoms with E-state index >= 15 is 0 Å². The largest absolute Gasteiger partial charge is 0.480 e. The molecular formula is C19H29N3O4. The molecule has 5 saturated carbocycles. The van der Waals surface area contributed by atoms with E-state index in [1.165, 1.54) is 19.3 Å². The van der Waals surface area contributed by atoms with Crippen LogP contribution in [0.3, 0.4) is 0 Å². The van der Waals surface area contributed by atoms with Gasteiger partial charge in [0.05, 0.1) is 6.54 Å². The summed E-state index contributed by atoms with van der Waals surface area (Å²) in [4.78, 5) is 37.6. The van der Waals surface area contributed by atoms with Gasteiger partial charge in [0.2, 0.25) is 5.91 Å². The number of hydrogen-bond acceptors (Lipinski definition) is 4. The number of imide groups is 1. The first-order chi connectivity index (χ1) is 12.3. The van der Waals surface area contributed by atoms with Crippen LogP contribution in [0, 0.1) is 17.8 Å². The van der Waals surface area contributed by atoms with Gasteiger partial charge in [-0.3, -0.25) is 19.8 Å². The number of carbonyl (C=O) groups is 3. The van der Waals surface area contributed by atoms with Gasteiger partial charge < -0.3 is 10.4 Å². The quantitative estimate of drug-likeness (QED) is 0.667. The lowest BCUT2D eigenvalue weighted by Crippen LogP contribution is -2.62. The Kier molecular flexibility index (Phi) is 4.45. The van der Waals surface area contributed by atoms with Gasteiger partial charge in [-0.25, -0.2) is 4.79 Å². The Morgan fingerprint density at radius 2 is 1.62 bits per heavy atom. The zero-order chi connectivity index (χ0) is 18.5. The summed E-state index contributed by atoms with van der Waals surface area (Å²) >= 11 is 0. The van der Waals surface area contributed by atoms with Crippen LogP contribution in [-0.2, 0) is 9.59 Å². The minimum atomic E-state index is -0.942. The summed E-state index contributed by atoms with van der Waals surface area (Å²) < 4.78 is 0. The second kappa shape index (κ2) is 6.51. The summed E-state index contributed by atoms with van der Waals surface area (Å²) in [6.07, 6.45) is 8.80. The molecule has 5 aliphatic carbocycles. The number of urea groups is 1. The minimum absolute atomic E-state index is 0.0492. The Morgan fingerprint density at radius 3 is 2.08 bits per heavy atom. The average molecular weight is 363 g/mol. The molecular weight excluding hydrogens is 334 g/mol. The lowest BCUT2D eigenvalue weighted by atomic mass is 9.53. The SMILES string of the molecule is CC(C(=O)O)N(CC(=O)NC(=O)NC12CC3CC(CC(C3)C1)C2)C1CC1. The van der Waals surface area contributed by atoms with Crippen molar-refractivity contribution in [3.63, 3.8) is 0 Å². The topological polar surface area (TPSA) is 98.7 Å². The molecule has 0 spiro atoms. The fourth-order valence-corrected chi connectivity index (χ4v) is 6.00. The van der Waals surface area contributed by atoms with E-state index in [2.05, 4.69) is 10.6 Å². The lowest BCUT2D eigenvalue weighted by molar-refractivity contribution is -0.143. The van der Waals surface area contributed by atoms with Crippen molar-refractivity contribution in [1.82, 2.24) is 15.5 Å². The number of nitrogens with zero attached hydrogens (tertiary/aromatic N) is 1. The lowest BCUT2D eigenvalue weighted by Gasteiger charge is -2.56. The van der Waals surface area contributed by atoms with E-state index in [-0.39, 0.29) is 18.1 Å². The smallest absolute Gasteiger partial charge is 0.321 e. The van der Waals surface area contributed by atoms with E-state index in [0.29, 0.717) is 0 Å². The zero-order valence-corrected chi connectivity index (χ0v) is 15.4. The standard InChI is InChI=1S/C19H29N3O4/c1-11(17(24)25)22(15-2-3-15)10-16(23)20-18(26)21-19-7-12-4-13(8-19)6-14(5-12)9-19/h11-15H,2-10H2,1H3,(H,24,25)(H2,20,21,23,26). The number of carboxylic acids is 1. The number of nitrogens with one attached hydrogen (secondary N) is 2. The van der Waals surface area contributed by atoms with Gasteiger partial charge in [0.25, 0.3) is 0 Å². The van der Waals surface area contributed by atoms with Crippen LogP contribution in [0.25, 0.3) is 0 Å². The first-order valence-electron chi connectivity index (χ1n) is 9.94. The maximum atomic E-state index is 12.4. The molecule has 5 fully saturated rings. The summed E-state index contributed by atoms with van der Waals surface area (Å²) in [5, 5.41) is 14.8. The van der Waals surface area contributed by atoms with Crippen molar-refractivity contribution < 1.29 is 19.5 Å². The van der Waals surface area contributed by atoms with Crippen molar-refractivity contribution in [2.75, 3.05) is 6.54 Å². The molecule has 1 atom stereocenters. The third-order valence-electron chi connectivity index (χ3n) is 6.87. The maximum absolute atomic E-state index is 12.4. The van der Waals surface area contributed by atoms with Crippen LogP contribution in [0.4, 0.5) is 4.79 Å². The summed E-state index contributed by atoms with van der Waals surface area (Å²) in [5.74, 6) is 0.798. The normalized spacial score (nSPS) is 36.0. The Balaban J connectivity index is 1.32. The third kappa shape index (κ3) is 3.59.